The lowest BCUT2D eigenvalue weighted by atomic mass is 9.90. The summed E-state index contributed by atoms with van der Waals surface area (Å²) in [4.78, 5) is 13.9. The van der Waals surface area contributed by atoms with Gasteiger partial charge in [-0.1, -0.05) is 113 Å². The van der Waals surface area contributed by atoms with Gasteiger partial charge in [-0.2, -0.15) is 0 Å². The number of hydrogen-bond acceptors (Lipinski definition) is 5. The van der Waals surface area contributed by atoms with Crippen molar-refractivity contribution in [1.29, 1.82) is 0 Å². The summed E-state index contributed by atoms with van der Waals surface area (Å²) in [6.45, 7) is 24.1. The average molecular weight is 651 g/mol. The van der Waals surface area contributed by atoms with Gasteiger partial charge in [0.1, 0.15) is 6.10 Å². The number of Topliss-reactive ketones (excluding diaryl/α,β-unsaturated/α-hetero) is 1. The Kier molecular flexibility index (Phi) is 17.4. The normalized spacial score (nSPS) is 16.0. The maximum Gasteiger partial charge on any atom is 0.192 e. The van der Waals surface area contributed by atoms with Gasteiger partial charge in [-0.05, 0) is 67.3 Å². The van der Waals surface area contributed by atoms with Gasteiger partial charge in [0.25, 0.3) is 0 Å². The Balaban J connectivity index is 2.06. The Morgan fingerprint density at radius 2 is 1.48 bits per heavy atom. The van der Waals surface area contributed by atoms with Crippen LogP contribution in [0.4, 0.5) is 0 Å². The number of ketones is 1. The topological polar surface area (TPSA) is 54.0 Å². The van der Waals surface area contributed by atoms with Crippen LogP contribution in [0.2, 0.25) is 18.1 Å². The van der Waals surface area contributed by atoms with Crippen LogP contribution < -0.4 is 0 Å². The van der Waals surface area contributed by atoms with Crippen molar-refractivity contribution in [2.75, 3.05) is 20.3 Å². The summed E-state index contributed by atoms with van der Waals surface area (Å²) in [6, 6.07) is 20.2. The van der Waals surface area contributed by atoms with Crippen LogP contribution in [0.1, 0.15) is 78.4 Å². The molecule has 5 atom stereocenters. The van der Waals surface area contributed by atoms with E-state index in [-0.39, 0.29) is 34.7 Å². The van der Waals surface area contributed by atoms with Crippen LogP contribution in [0.3, 0.4) is 0 Å². The molecule has 0 fully saturated rings. The van der Waals surface area contributed by atoms with Crippen molar-refractivity contribution in [2.45, 2.75) is 111 Å². The van der Waals surface area contributed by atoms with Crippen molar-refractivity contribution in [3.8, 4) is 0 Å². The standard InChI is InChI=1S/C40H62O5Si/c1-11-18-36(30-45-46(9,10)40(5,6)7)24-31(2)23-32(3)25-37(41)39(44-29-35-21-16-13-17-22-35)38(42-8)26-33(4)27-43-28-34-19-14-12-15-20-34/h11-17,19-22,24,32-33,36,38-39H,1,18,23,25-30H2,2-10H3/b31-24+/t32-,33+,36+,38-,39+/m0/s1. The summed E-state index contributed by atoms with van der Waals surface area (Å²) in [5.41, 5.74) is 3.46. The first-order chi connectivity index (χ1) is 21.8. The van der Waals surface area contributed by atoms with Gasteiger partial charge in [0.15, 0.2) is 14.1 Å². The van der Waals surface area contributed by atoms with Crippen molar-refractivity contribution in [3.05, 3.63) is 96.1 Å². The van der Waals surface area contributed by atoms with Crippen LogP contribution in [-0.2, 0) is 36.6 Å². The molecule has 0 bridgehead atoms. The molecule has 0 saturated carbocycles. The molecule has 2 rings (SSSR count). The van der Waals surface area contributed by atoms with Gasteiger partial charge in [0.05, 0.1) is 19.3 Å². The quantitative estimate of drug-likeness (QED) is 0.0938. The third kappa shape index (κ3) is 14.6. The Labute approximate surface area is 281 Å². The molecule has 0 spiro atoms. The lowest BCUT2D eigenvalue weighted by molar-refractivity contribution is -0.144. The molecule has 2 aromatic rings. The van der Waals surface area contributed by atoms with Gasteiger partial charge < -0.3 is 18.6 Å². The van der Waals surface area contributed by atoms with E-state index < -0.39 is 14.4 Å². The molecule has 0 aliphatic heterocycles. The number of ether oxygens (including phenoxy) is 3. The molecule has 0 saturated heterocycles. The molecule has 0 aliphatic carbocycles. The minimum absolute atomic E-state index is 0.0874. The number of methoxy groups -OCH3 is 1. The zero-order chi connectivity index (χ0) is 34.2. The van der Waals surface area contributed by atoms with Crippen LogP contribution in [0, 0.1) is 17.8 Å². The van der Waals surface area contributed by atoms with E-state index in [0.717, 1.165) is 24.0 Å². The summed E-state index contributed by atoms with van der Waals surface area (Å²) < 4.78 is 24.9. The second-order valence-electron chi connectivity index (χ2n) is 14.7. The molecule has 0 heterocycles. The summed E-state index contributed by atoms with van der Waals surface area (Å²) >= 11 is 0. The molecule has 5 nitrogen and oxygen atoms in total. The minimum Gasteiger partial charge on any atom is -0.416 e. The lowest BCUT2D eigenvalue weighted by Gasteiger charge is -2.37. The Bertz CT molecular complexity index is 1170. The first-order valence-electron chi connectivity index (χ1n) is 17.0. The number of rotatable bonds is 22. The molecular formula is C40H62O5Si. The predicted octanol–water partition coefficient (Wildman–Crippen LogP) is 9.98. The Morgan fingerprint density at radius 3 is 2.02 bits per heavy atom. The van der Waals surface area contributed by atoms with Crippen molar-refractivity contribution < 1.29 is 23.4 Å². The Hall–Kier alpha value is -2.35. The van der Waals surface area contributed by atoms with Crippen molar-refractivity contribution in [1.82, 2.24) is 0 Å². The van der Waals surface area contributed by atoms with Gasteiger partial charge in [-0.3, -0.25) is 4.79 Å². The van der Waals surface area contributed by atoms with Crippen molar-refractivity contribution in [3.63, 3.8) is 0 Å². The highest BCUT2D eigenvalue weighted by Crippen LogP contribution is 2.37. The van der Waals surface area contributed by atoms with E-state index in [9.17, 15) is 4.79 Å². The zero-order valence-electron chi connectivity index (χ0n) is 30.2. The molecule has 0 unspecified atom stereocenters. The molecule has 46 heavy (non-hydrogen) atoms. The number of allylic oxidation sites excluding steroid dienone is 2. The molecule has 2 aromatic carbocycles. The molecular weight excluding hydrogens is 589 g/mol. The van der Waals surface area contributed by atoms with E-state index in [0.29, 0.717) is 39.3 Å². The third-order valence-electron chi connectivity index (χ3n) is 9.05. The van der Waals surface area contributed by atoms with Gasteiger partial charge in [0, 0.05) is 32.7 Å². The maximum absolute atomic E-state index is 13.9. The highest BCUT2D eigenvalue weighted by molar-refractivity contribution is 6.74. The fourth-order valence-corrected chi connectivity index (χ4v) is 6.47. The SMILES string of the molecule is C=CC[C@H](/C=C(\C)C[C@H](C)CC(=O)[C@@H](OCc1ccccc1)[C@H](C[C@@H](C)COCc1ccccc1)OC)CO[Si](C)(C)C(C)(C)C. The van der Waals surface area contributed by atoms with Crippen LogP contribution in [0.5, 0.6) is 0 Å². The van der Waals surface area contributed by atoms with E-state index in [2.05, 4.69) is 79.4 Å². The van der Waals surface area contributed by atoms with Gasteiger partial charge in [-0.15, -0.1) is 6.58 Å². The smallest absolute Gasteiger partial charge is 0.192 e. The largest absolute Gasteiger partial charge is 0.416 e. The van der Waals surface area contributed by atoms with Crippen LogP contribution in [0.25, 0.3) is 0 Å². The van der Waals surface area contributed by atoms with Crippen molar-refractivity contribution in [2.24, 2.45) is 17.8 Å². The first kappa shape index (κ1) is 39.8. The molecule has 0 N–H and O–H groups in total. The van der Waals surface area contributed by atoms with E-state index in [1.807, 2.05) is 54.6 Å². The Morgan fingerprint density at radius 1 is 0.891 bits per heavy atom. The van der Waals surface area contributed by atoms with Gasteiger partial charge in [0.2, 0.25) is 0 Å². The van der Waals surface area contributed by atoms with E-state index in [4.69, 9.17) is 18.6 Å². The second kappa shape index (κ2) is 20.1. The second-order valence-corrected chi connectivity index (χ2v) is 19.5. The number of carbonyl (C=O) groups is 1. The van der Waals surface area contributed by atoms with Crippen LogP contribution in [0.15, 0.2) is 85.0 Å². The molecule has 0 amide bonds. The predicted molar refractivity (Wildman–Crippen MR) is 194 cm³/mol. The maximum atomic E-state index is 13.9. The van der Waals surface area contributed by atoms with E-state index in [1.165, 1.54) is 5.57 Å². The molecule has 0 radical (unpaired) electrons. The van der Waals surface area contributed by atoms with Gasteiger partial charge in [-0.25, -0.2) is 0 Å². The number of benzene rings is 2. The molecule has 0 aliphatic rings. The summed E-state index contributed by atoms with van der Waals surface area (Å²) in [6.07, 6.45) is 6.10. The average Bonchev–Trinajstić information content (AvgIpc) is 2.99. The molecule has 6 heteroatoms. The highest BCUT2D eigenvalue weighted by atomic mass is 28.4. The summed E-state index contributed by atoms with van der Waals surface area (Å²) in [5.74, 6) is 0.730. The fraction of sp³-hybridized carbons (Fsp3) is 0.575. The monoisotopic (exact) mass is 650 g/mol. The highest BCUT2D eigenvalue weighted by Gasteiger charge is 2.37. The van der Waals surface area contributed by atoms with E-state index in [1.54, 1.807) is 7.11 Å². The lowest BCUT2D eigenvalue weighted by Crippen LogP contribution is -2.41. The summed E-state index contributed by atoms with van der Waals surface area (Å²) in [7, 11) is -0.161. The fourth-order valence-electron chi connectivity index (χ4n) is 5.41. The van der Waals surface area contributed by atoms with Gasteiger partial charge >= 0.3 is 0 Å². The summed E-state index contributed by atoms with van der Waals surface area (Å²) in [5, 5.41) is 0.172. The number of hydrogen-bond donors (Lipinski definition) is 0. The van der Waals surface area contributed by atoms with Crippen LogP contribution in [-0.4, -0.2) is 46.6 Å². The number of carbonyl (C=O) groups excluding carboxylic acids is 1. The van der Waals surface area contributed by atoms with Crippen molar-refractivity contribution >= 4 is 14.1 Å². The molecule has 256 valence electrons. The van der Waals surface area contributed by atoms with Crippen LogP contribution >= 0.6 is 0 Å². The third-order valence-corrected chi connectivity index (χ3v) is 13.6. The van der Waals surface area contributed by atoms with E-state index >= 15 is 0 Å². The molecule has 0 aromatic heterocycles. The first-order valence-corrected chi connectivity index (χ1v) is 19.9. The zero-order valence-corrected chi connectivity index (χ0v) is 31.2. The minimum atomic E-state index is -1.84.